The van der Waals surface area contributed by atoms with Crippen molar-refractivity contribution in [1.29, 1.82) is 0 Å². The van der Waals surface area contributed by atoms with Crippen LogP contribution in [0.1, 0.15) is 32.7 Å². The molecule has 1 saturated carbocycles. The summed E-state index contributed by atoms with van der Waals surface area (Å²) in [5.41, 5.74) is 0. The van der Waals surface area contributed by atoms with Crippen LogP contribution in [-0.2, 0) is 4.74 Å². The van der Waals surface area contributed by atoms with E-state index in [1.165, 1.54) is 12.8 Å². The maximum atomic E-state index is 5.29. The molecule has 1 aromatic heterocycles. The van der Waals surface area contributed by atoms with Crippen molar-refractivity contribution >= 4 is 18.2 Å². The van der Waals surface area contributed by atoms with E-state index in [9.17, 15) is 0 Å². The molecule has 0 bridgehead atoms. The second kappa shape index (κ2) is 5.18. The Kier molecular flexibility index (Phi) is 3.83. The number of nitrogens with zero attached hydrogens (tertiary/aromatic N) is 3. The molecule has 96 valence electrons. The second-order valence-electron chi connectivity index (χ2n) is 4.52. The zero-order chi connectivity index (χ0) is 12.4. The normalized spacial score (nSPS) is 17.1. The fourth-order valence-electron chi connectivity index (χ4n) is 2.14. The second-order valence-corrected chi connectivity index (χ2v) is 4.91. The van der Waals surface area contributed by atoms with Gasteiger partial charge in [-0.05, 0) is 38.9 Å². The third kappa shape index (κ3) is 2.52. The standard InChI is InChI=1S/C11H20N4OS/c1-4-14(8(2)7-16-3)10-12-13-11(17)15(10)9-5-6-9/h8-9H,4-7H2,1-3H3,(H,13,17). The van der Waals surface area contributed by atoms with Gasteiger partial charge < -0.3 is 9.64 Å². The van der Waals surface area contributed by atoms with E-state index < -0.39 is 0 Å². The molecule has 1 atom stereocenters. The average Bonchev–Trinajstić information content (AvgIpc) is 3.06. The number of hydrogen-bond donors (Lipinski definition) is 1. The third-order valence-electron chi connectivity index (χ3n) is 3.14. The van der Waals surface area contributed by atoms with E-state index >= 15 is 0 Å². The third-order valence-corrected chi connectivity index (χ3v) is 3.42. The summed E-state index contributed by atoms with van der Waals surface area (Å²) in [4.78, 5) is 2.23. The predicted molar refractivity (Wildman–Crippen MR) is 70.0 cm³/mol. The molecule has 0 saturated heterocycles. The van der Waals surface area contributed by atoms with E-state index in [1.54, 1.807) is 7.11 Å². The van der Waals surface area contributed by atoms with Crippen LogP contribution in [0, 0.1) is 4.77 Å². The number of hydrogen-bond acceptors (Lipinski definition) is 4. The highest BCUT2D eigenvalue weighted by atomic mass is 32.1. The Balaban J connectivity index is 2.27. The van der Waals surface area contributed by atoms with Crippen LogP contribution in [0.2, 0.25) is 0 Å². The van der Waals surface area contributed by atoms with Gasteiger partial charge in [0.25, 0.3) is 0 Å². The van der Waals surface area contributed by atoms with Crippen LogP contribution in [-0.4, -0.2) is 41.1 Å². The lowest BCUT2D eigenvalue weighted by Crippen LogP contribution is -2.38. The first-order valence-electron chi connectivity index (χ1n) is 6.11. The van der Waals surface area contributed by atoms with Gasteiger partial charge in [-0.25, -0.2) is 5.10 Å². The summed E-state index contributed by atoms with van der Waals surface area (Å²) in [6, 6.07) is 0.841. The highest BCUT2D eigenvalue weighted by Crippen LogP contribution is 2.38. The average molecular weight is 256 g/mol. The van der Waals surface area contributed by atoms with Crippen molar-refractivity contribution < 1.29 is 4.74 Å². The lowest BCUT2D eigenvalue weighted by molar-refractivity contribution is 0.181. The number of anilines is 1. The number of aromatic nitrogens is 3. The van der Waals surface area contributed by atoms with E-state index in [-0.39, 0.29) is 0 Å². The maximum absolute atomic E-state index is 5.29. The number of aromatic amines is 1. The Hall–Kier alpha value is -0.880. The topological polar surface area (TPSA) is 46.1 Å². The SMILES string of the molecule is CCN(c1n[nH]c(=S)n1C1CC1)C(C)COC. The van der Waals surface area contributed by atoms with Gasteiger partial charge in [0.05, 0.1) is 12.6 Å². The zero-order valence-electron chi connectivity index (χ0n) is 10.6. The summed E-state index contributed by atoms with van der Waals surface area (Å²) in [5.74, 6) is 0.949. The van der Waals surface area contributed by atoms with Crippen molar-refractivity contribution in [1.82, 2.24) is 14.8 Å². The van der Waals surface area contributed by atoms with Crippen molar-refractivity contribution in [2.45, 2.75) is 38.8 Å². The molecule has 17 heavy (non-hydrogen) atoms. The van der Waals surface area contributed by atoms with Gasteiger partial charge in [0.1, 0.15) is 0 Å². The Labute approximate surface area is 107 Å². The van der Waals surface area contributed by atoms with Gasteiger partial charge in [0, 0.05) is 19.7 Å². The van der Waals surface area contributed by atoms with Gasteiger partial charge in [0.2, 0.25) is 5.95 Å². The number of H-pyrrole nitrogens is 1. The molecule has 0 spiro atoms. The molecule has 5 nitrogen and oxygen atoms in total. The molecular formula is C11H20N4OS. The molecule has 1 aliphatic carbocycles. The first kappa shape index (κ1) is 12.6. The fourth-order valence-corrected chi connectivity index (χ4v) is 2.42. The van der Waals surface area contributed by atoms with E-state index in [2.05, 4.69) is 33.5 Å². The van der Waals surface area contributed by atoms with Gasteiger partial charge >= 0.3 is 0 Å². The van der Waals surface area contributed by atoms with Crippen LogP contribution < -0.4 is 4.90 Å². The highest BCUT2D eigenvalue weighted by Gasteiger charge is 2.30. The molecule has 2 rings (SSSR count). The summed E-state index contributed by atoms with van der Waals surface area (Å²) >= 11 is 5.29. The maximum Gasteiger partial charge on any atom is 0.226 e. The minimum absolute atomic E-state index is 0.299. The Morgan fingerprint density at radius 1 is 1.65 bits per heavy atom. The molecule has 1 N–H and O–H groups in total. The molecule has 1 heterocycles. The Morgan fingerprint density at radius 2 is 2.35 bits per heavy atom. The van der Waals surface area contributed by atoms with Crippen LogP contribution >= 0.6 is 12.2 Å². The number of methoxy groups -OCH3 is 1. The molecule has 1 unspecified atom stereocenters. The monoisotopic (exact) mass is 256 g/mol. The number of likely N-dealkylation sites (N-methyl/N-ethyl adjacent to an activating group) is 1. The minimum atomic E-state index is 0.299. The van der Waals surface area contributed by atoms with Crippen molar-refractivity contribution in [3.8, 4) is 0 Å². The molecule has 0 aliphatic heterocycles. The molecule has 0 aromatic carbocycles. The number of nitrogens with one attached hydrogen (secondary N) is 1. The zero-order valence-corrected chi connectivity index (χ0v) is 11.5. The van der Waals surface area contributed by atoms with Crippen molar-refractivity contribution in [2.75, 3.05) is 25.2 Å². The summed E-state index contributed by atoms with van der Waals surface area (Å²) in [6.07, 6.45) is 2.41. The Morgan fingerprint density at radius 3 is 2.88 bits per heavy atom. The molecular weight excluding hydrogens is 236 g/mol. The van der Waals surface area contributed by atoms with Gasteiger partial charge in [0.15, 0.2) is 4.77 Å². The summed E-state index contributed by atoms with van der Waals surface area (Å²) in [5, 5.41) is 7.27. The van der Waals surface area contributed by atoms with Crippen LogP contribution in [0.4, 0.5) is 5.95 Å². The molecule has 6 heteroatoms. The summed E-state index contributed by atoms with van der Waals surface area (Å²) in [6.45, 7) is 5.86. The van der Waals surface area contributed by atoms with Gasteiger partial charge in [-0.2, -0.15) is 0 Å². The van der Waals surface area contributed by atoms with E-state index in [4.69, 9.17) is 17.0 Å². The molecule has 1 fully saturated rings. The lowest BCUT2D eigenvalue weighted by atomic mass is 10.3. The Bertz CT molecular complexity index is 423. The predicted octanol–water partition coefficient (Wildman–Crippen LogP) is 2.14. The largest absolute Gasteiger partial charge is 0.383 e. The minimum Gasteiger partial charge on any atom is -0.383 e. The first-order valence-corrected chi connectivity index (χ1v) is 6.52. The first-order chi connectivity index (χ1) is 8.19. The van der Waals surface area contributed by atoms with Crippen LogP contribution in [0.3, 0.4) is 0 Å². The fraction of sp³-hybridized carbons (Fsp3) is 0.818. The quantitative estimate of drug-likeness (QED) is 0.792. The van der Waals surface area contributed by atoms with Crippen LogP contribution in [0.25, 0.3) is 0 Å². The summed E-state index contributed by atoms with van der Waals surface area (Å²) < 4.78 is 8.09. The molecule has 1 aromatic rings. The van der Waals surface area contributed by atoms with Crippen molar-refractivity contribution in [2.24, 2.45) is 0 Å². The van der Waals surface area contributed by atoms with Crippen molar-refractivity contribution in [3.63, 3.8) is 0 Å². The smallest absolute Gasteiger partial charge is 0.226 e. The number of ether oxygens (including phenoxy) is 1. The number of rotatable bonds is 6. The highest BCUT2D eigenvalue weighted by molar-refractivity contribution is 7.71. The van der Waals surface area contributed by atoms with E-state index in [0.717, 1.165) is 17.3 Å². The van der Waals surface area contributed by atoms with Crippen LogP contribution in [0.15, 0.2) is 0 Å². The molecule has 0 amide bonds. The van der Waals surface area contributed by atoms with Crippen molar-refractivity contribution in [3.05, 3.63) is 4.77 Å². The van der Waals surface area contributed by atoms with Gasteiger partial charge in [-0.1, -0.05) is 0 Å². The lowest BCUT2D eigenvalue weighted by Gasteiger charge is -2.28. The molecule has 0 radical (unpaired) electrons. The van der Waals surface area contributed by atoms with Gasteiger partial charge in [-0.3, -0.25) is 4.57 Å². The van der Waals surface area contributed by atoms with E-state index in [1.807, 2.05) is 0 Å². The van der Waals surface area contributed by atoms with Gasteiger partial charge in [-0.15, -0.1) is 5.10 Å². The molecule has 1 aliphatic rings. The van der Waals surface area contributed by atoms with Crippen LogP contribution in [0.5, 0.6) is 0 Å². The van der Waals surface area contributed by atoms with E-state index in [0.29, 0.717) is 18.7 Å². The summed E-state index contributed by atoms with van der Waals surface area (Å²) in [7, 11) is 1.72.